The molecular weight excluding hydrogens is 626 g/mol. The molecule has 0 saturated carbocycles. The maximum absolute atomic E-state index is 12.4. The molecular formula is C37H39N5O7. The highest BCUT2D eigenvalue weighted by molar-refractivity contribution is 5.89. The fraction of sp³-hybridized carbons (Fsp3) is 0.432. The first-order valence-electron chi connectivity index (χ1n) is 16.6. The number of benzene rings is 3. The second-order valence-corrected chi connectivity index (χ2v) is 12.9. The predicted octanol–water partition coefficient (Wildman–Crippen LogP) is 4.87. The summed E-state index contributed by atoms with van der Waals surface area (Å²) < 4.78 is 32.4. The molecule has 12 nitrogen and oxygen atoms in total. The van der Waals surface area contributed by atoms with Crippen molar-refractivity contribution in [2.24, 2.45) is 0 Å². The van der Waals surface area contributed by atoms with Gasteiger partial charge in [0.05, 0.1) is 36.6 Å². The quantitative estimate of drug-likeness (QED) is 0.386. The van der Waals surface area contributed by atoms with Crippen molar-refractivity contribution in [3.8, 4) is 40.9 Å². The summed E-state index contributed by atoms with van der Waals surface area (Å²) in [5.74, 6) is 3.71. The lowest BCUT2D eigenvalue weighted by Gasteiger charge is -2.38. The van der Waals surface area contributed by atoms with Crippen LogP contribution in [0.25, 0.3) is 0 Å². The smallest absolute Gasteiger partial charge is 0.414 e. The topological polar surface area (TPSA) is 139 Å². The third-order valence-electron chi connectivity index (χ3n) is 10.2. The predicted molar refractivity (Wildman–Crippen MR) is 178 cm³/mol. The van der Waals surface area contributed by atoms with Gasteiger partial charge in [-0.05, 0) is 98.4 Å². The molecule has 3 fully saturated rings. The van der Waals surface area contributed by atoms with E-state index in [4.69, 9.17) is 28.4 Å². The zero-order valence-corrected chi connectivity index (χ0v) is 27.5. The van der Waals surface area contributed by atoms with Gasteiger partial charge in [-0.15, -0.1) is 0 Å². The number of nitriles is 2. The van der Waals surface area contributed by atoms with Crippen molar-refractivity contribution in [3.05, 3.63) is 71.8 Å². The summed E-state index contributed by atoms with van der Waals surface area (Å²) in [7, 11) is 1.61. The lowest BCUT2D eigenvalue weighted by atomic mass is 9.74. The van der Waals surface area contributed by atoms with Crippen LogP contribution in [0.4, 0.5) is 10.5 Å². The Bertz CT molecular complexity index is 1750. The van der Waals surface area contributed by atoms with E-state index in [0.29, 0.717) is 31.7 Å². The Morgan fingerprint density at radius 1 is 0.796 bits per heavy atom. The zero-order chi connectivity index (χ0) is 33.8. The summed E-state index contributed by atoms with van der Waals surface area (Å²) in [4.78, 5) is 16.3. The van der Waals surface area contributed by atoms with Crippen molar-refractivity contribution >= 4 is 11.8 Å². The van der Waals surface area contributed by atoms with Gasteiger partial charge in [-0.2, -0.15) is 10.5 Å². The third kappa shape index (κ3) is 6.50. The Labute approximate surface area is 285 Å². The van der Waals surface area contributed by atoms with E-state index in [1.165, 1.54) is 0 Å². The number of nitrogens with zero attached hydrogens (tertiary/aromatic N) is 4. The van der Waals surface area contributed by atoms with Crippen LogP contribution in [0.15, 0.2) is 60.7 Å². The van der Waals surface area contributed by atoms with E-state index in [1.54, 1.807) is 12.0 Å². The number of nitrogens with one attached hydrogen (secondary N) is 1. The van der Waals surface area contributed by atoms with E-state index >= 15 is 0 Å². The zero-order valence-electron chi connectivity index (χ0n) is 27.5. The van der Waals surface area contributed by atoms with Gasteiger partial charge >= 0.3 is 6.09 Å². The molecule has 1 N–H and O–H groups in total. The maximum atomic E-state index is 12.4. The molecule has 1 atom stereocenters. The van der Waals surface area contributed by atoms with E-state index in [2.05, 4.69) is 22.4 Å². The summed E-state index contributed by atoms with van der Waals surface area (Å²) in [6.45, 7) is 4.97. The van der Waals surface area contributed by atoms with Gasteiger partial charge in [-0.3, -0.25) is 9.80 Å². The molecule has 5 aliphatic heterocycles. The first-order chi connectivity index (χ1) is 23.9. The molecule has 0 bridgehead atoms. The molecule has 12 heteroatoms. The molecule has 49 heavy (non-hydrogen) atoms. The van der Waals surface area contributed by atoms with Crippen molar-refractivity contribution in [2.45, 2.75) is 42.6 Å². The first-order valence-corrected chi connectivity index (χ1v) is 16.6. The number of piperidine rings is 2. The molecule has 254 valence electrons. The third-order valence-corrected chi connectivity index (χ3v) is 10.2. The normalized spacial score (nSPS) is 21.5. The lowest BCUT2D eigenvalue weighted by molar-refractivity contribution is 0.0918. The van der Waals surface area contributed by atoms with Crippen LogP contribution in [0, 0.1) is 22.7 Å². The van der Waals surface area contributed by atoms with Crippen LogP contribution in [0.3, 0.4) is 0 Å². The molecule has 0 spiro atoms. The minimum Gasteiger partial charge on any atom is -0.497 e. The number of hydrogen-bond acceptors (Lipinski definition) is 11. The molecule has 0 aromatic heterocycles. The van der Waals surface area contributed by atoms with Crippen molar-refractivity contribution in [2.75, 3.05) is 64.9 Å². The number of ether oxygens (including phenoxy) is 6. The minimum atomic E-state index is -0.543. The monoisotopic (exact) mass is 665 g/mol. The first kappa shape index (κ1) is 32.4. The van der Waals surface area contributed by atoms with Crippen LogP contribution < -0.4 is 33.9 Å². The maximum Gasteiger partial charge on any atom is 0.414 e. The second kappa shape index (κ2) is 13.7. The van der Waals surface area contributed by atoms with Gasteiger partial charge in [0.2, 0.25) is 13.6 Å². The number of methoxy groups -OCH3 is 1. The standard InChI is InChI=1S/C24H25N3O5.C13H14N2O2/c1-29-19-5-3-18(4-6-19)27-14-20(32-23(27)28)13-26-10-8-24(15-25,9-11-26)17-2-7-21-22(12-17)31-16-30-21;14-8-13(3-5-15-6-4-13)10-1-2-11-12(7-10)17-9-16-11/h2-7,12,20H,8-11,13-14,16H2,1H3;1-2,7,15H,3-6,9H2. The van der Waals surface area contributed by atoms with Gasteiger partial charge in [-0.1, -0.05) is 12.1 Å². The summed E-state index contributed by atoms with van der Waals surface area (Å²) in [5.41, 5.74) is 1.90. The van der Waals surface area contributed by atoms with Crippen LogP contribution in [-0.4, -0.2) is 77.1 Å². The average molecular weight is 666 g/mol. The van der Waals surface area contributed by atoms with Gasteiger partial charge in [0.25, 0.3) is 0 Å². The van der Waals surface area contributed by atoms with Crippen molar-refractivity contribution in [1.82, 2.24) is 10.2 Å². The van der Waals surface area contributed by atoms with Crippen LogP contribution >= 0.6 is 0 Å². The Morgan fingerprint density at radius 2 is 1.35 bits per heavy atom. The van der Waals surface area contributed by atoms with Crippen LogP contribution in [-0.2, 0) is 15.6 Å². The highest BCUT2D eigenvalue weighted by Gasteiger charge is 2.40. The Morgan fingerprint density at radius 3 is 1.90 bits per heavy atom. The van der Waals surface area contributed by atoms with Gasteiger partial charge < -0.3 is 33.7 Å². The number of amides is 1. The average Bonchev–Trinajstić information content (AvgIpc) is 3.92. The number of cyclic esters (lactones) is 1. The molecule has 5 aliphatic rings. The molecule has 0 aliphatic carbocycles. The number of likely N-dealkylation sites (tertiary alicyclic amines) is 1. The van der Waals surface area contributed by atoms with Gasteiger partial charge in [0, 0.05) is 25.3 Å². The van der Waals surface area contributed by atoms with Crippen LogP contribution in [0.5, 0.6) is 28.7 Å². The fourth-order valence-electron chi connectivity index (χ4n) is 7.17. The van der Waals surface area contributed by atoms with Crippen molar-refractivity contribution in [3.63, 3.8) is 0 Å². The number of hydrogen-bond donors (Lipinski definition) is 1. The lowest BCUT2D eigenvalue weighted by Crippen LogP contribution is -2.45. The Balaban J connectivity index is 0.000000186. The number of anilines is 1. The molecule has 3 saturated heterocycles. The van der Waals surface area contributed by atoms with Crippen LogP contribution in [0.1, 0.15) is 36.8 Å². The number of carbonyl (C=O) groups excluding carboxylic acids is 1. The summed E-state index contributed by atoms with van der Waals surface area (Å²) in [5, 5.41) is 22.8. The second-order valence-electron chi connectivity index (χ2n) is 12.9. The molecule has 0 radical (unpaired) electrons. The molecule has 1 unspecified atom stereocenters. The molecule has 3 aromatic rings. The largest absolute Gasteiger partial charge is 0.497 e. The van der Waals surface area contributed by atoms with E-state index in [0.717, 1.165) is 78.8 Å². The van der Waals surface area contributed by atoms with Gasteiger partial charge in [0.15, 0.2) is 23.0 Å². The fourth-order valence-corrected chi connectivity index (χ4v) is 7.17. The molecule has 5 heterocycles. The van der Waals surface area contributed by atoms with E-state index in [1.807, 2.05) is 60.7 Å². The summed E-state index contributed by atoms with van der Waals surface area (Å²) >= 11 is 0. The highest BCUT2D eigenvalue weighted by atomic mass is 16.7. The number of fused-ring (bicyclic) bond motifs is 2. The van der Waals surface area contributed by atoms with Crippen molar-refractivity contribution in [1.29, 1.82) is 10.5 Å². The SMILES string of the molecule is COc1ccc(N2CC(CN3CCC(C#N)(c4ccc5c(c4)OCO5)CC3)OC2=O)cc1.N#CC1(c2ccc3c(c2)OCO3)CCNCC1. The van der Waals surface area contributed by atoms with E-state index < -0.39 is 5.41 Å². The van der Waals surface area contributed by atoms with Crippen molar-refractivity contribution < 1.29 is 33.2 Å². The Kier molecular flexibility index (Phi) is 9.09. The summed E-state index contributed by atoms with van der Waals surface area (Å²) in [6, 6.07) is 24.1. The Hall–Kier alpha value is -5.17. The molecule has 3 aromatic carbocycles. The van der Waals surface area contributed by atoms with E-state index in [-0.39, 0.29) is 31.2 Å². The van der Waals surface area contributed by atoms with E-state index in [9.17, 15) is 15.3 Å². The minimum absolute atomic E-state index is 0.204. The molecule has 8 rings (SSSR count). The highest BCUT2D eigenvalue weighted by Crippen LogP contribution is 2.42. The summed E-state index contributed by atoms with van der Waals surface area (Å²) in [6.07, 6.45) is 2.60. The van der Waals surface area contributed by atoms with Gasteiger partial charge in [-0.25, -0.2) is 4.79 Å². The number of carbonyl (C=O) groups is 1. The van der Waals surface area contributed by atoms with Gasteiger partial charge in [0.1, 0.15) is 11.9 Å². The van der Waals surface area contributed by atoms with Crippen LogP contribution in [0.2, 0.25) is 0 Å². The molecule has 1 amide bonds. The number of rotatable bonds is 6.